The van der Waals surface area contributed by atoms with Crippen molar-refractivity contribution < 1.29 is 19.4 Å². The van der Waals surface area contributed by atoms with Crippen LogP contribution in [0.15, 0.2) is 17.5 Å². The van der Waals surface area contributed by atoms with Crippen LogP contribution in [0.2, 0.25) is 0 Å². The summed E-state index contributed by atoms with van der Waals surface area (Å²) in [7, 11) is 1.28. The third-order valence-corrected chi connectivity index (χ3v) is 2.38. The molecule has 1 N–H and O–H groups in total. The average molecular weight is 212 g/mol. The van der Waals surface area contributed by atoms with E-state index in [0.29, 0.717) is 5.56 Å². The lowest BCUT2D eigenvalue weighted by atomic mass is 10.3. The Morgan fingerprint density at radius 2 is 2.29 bits per heavy atom. The molecule has 0 atom stereocenters. The van der Waals surface area contributed by atoms with E-state index in [2.05, 4.69) is 4.74 Å². The summed E-state index contributed by atoms with van der Waals surface area (Å²) in [6.07, 6.45) is 2.75. The molecule has 0 fully saturated rings. The van der Waals surface area contributed by atoms with Crippen LogP contribution in [0.25, 0.3) is 6.08 Å². The van der Waals surface area contributed by atoms with Gasteiger partial charge in [0.2, 0.25) is 0 Å². The molecule has 0 aliphatic heterocycles. The van der Waals surface area contributed by atoms with Gasteiger partial charge in [-0.15, -0.1) is 11.3 Å². The van der Waals surface area contributed by atoms with Crippen LogP contribution >= 0.6 is 11.3 Å². The Kier molecular flexibility index (Phi) is 3.41. The van der Waals surface area contributed by atoms with Gasteiger partial charge in [-0.2, -0.15) is 0 Å². The lowest BCUT2D eigenvalue weighted by Gasteiger charge is -1.87. The van der Waals surface area contributed by atoms with Crippen molar-refractivity contribution in [3.05, 3.63) is 28.0 Å². The SMILES string of the molecule is COC(=O)C=Cc1csc(C(=O)O)c1. The number of ether oxygens (including phenoxy) is 1. The second kappa shape index (κ2) is 4.57. The van der Waals surface area contributed by atoms with Gasteiger partial charge in [0.15, 0.2) is 0 Å². The zero-order valence-corrected chi connectivity index (χ0v) is 8.21. The van der Waals surface area contributed by atoms with Gasteiger partial charge in [-0.05, 0) is 23.1 Å². The number of carboxylic acids is 1. The second-order valence-electron chi connectivity index (χ2n) is 2.41. The molecule has 5 heteroatoms. The van der Waals surface area contributed by atoms with Crippen LogP contribution in [-0.4, -0.2) is 24.2 Å². The predicted octanol–water partition coefficient (Wildman–Crippen LogP) is 1.63. The summed E-state index contributed by atoms with van der Waals surface area (Å²) >= 11 is 1.11. The Balaban J connectivity index is 2.73. The molecule has 0 amide bonds. The van der Waals surface area contributed by atoms with Crippen molar-refractivity contribution in [3.63, 3.8) is 0 Å². The molecular weight excluding hydrogens is 204 g/mol. The largest absolute Gasteiger partial charge is 0.477 e. The summed E-state index contributed by atoms with van der Waals surface area (Å²) in [5.74, 6) is -1.43. The first-order valence-electron chi connectivity index (χ1n) is 3.71. The van der Waals surface area contributed by atoms with E-state index in [0.717, 1.165) is 11.3 Å². The number of aromatic carboxylic acids is 1. The maximum atomic E-state index is 10.7. The van der Waals surface area contributed by atoms with Crippen molar-refractivity contribution in [1.29, 1.82) is 0 Å². The first kappa shape index (κ1) is 10.5. The van der Waals surface area contributed by atoms with E-state index in [4.69, 9.17) is 5.11 Å². The molecule has 14 heavy (non-hydrogen) atoms. The van der Waals surface area contributed by atoms with Gasteiger partial charge >= 0.3 is 11.9 Å². The highest BCUT2D eigenvalue weighted by atomic mass is 32.1. The van der Waals surface area contributed by atoms with Crippen molar-refractivity contribution >= 4 is 29.4 Å². The van der Waals surface area contributed by atoms with Gasteiger partial charge in [-0.1, -0.05) is 0 Å². The highest BCUT2D eigenvalue weighted by Crippen LogP contribution is 2.15. The number of carboxylic acid groups (broad SMARTS) is 1. The summed E-state index contributed by atoms with van der Waals surface area (Å²) in [4.78, 5) is 21.5. The summed E-state index contributed by atoms with van der Waals surface area (Å²) in [5, 5.41) is 10.3. The lowest BCUT2D eigenvalue weighted by Crippen LogP contribution is -1.93. The van der Waals surface area contributed by atoms with E-state index in [1.165, 1.54) is 25.3 Å². The molecule has 0 saturated carbocycles. The Labute approximate surface area is 84.4 Å². The van der Waals surface area contributed by atoms with Crippen molar-refractivity contribution in [2.24, 2.45) is 0 Å². The van der Waals surface area contributed by atoms with Crippen LogP contribution in [0.3, 0.4) is 0 Å². The predicted molar refractivity (Wildman–Crippen MR) is 52.3 cm³/mol. The average Bonchev–Trinajstić information content (AvgIpc) is 2.62. The van der Waals surface area contributed by atoms with E-state index < -0.39 is 11.9 Å². The Morgan fingerprint density at radius 1 is 1.57 bits per heavy atom. The molecule has 0 saturated heterocycles. The minimum absolute atomic E-state index is 0.245. The molecule has 0 radical (unpaired) electrons. The fourth-order valence-electron chi connectivity index (χ4n) is 0.783. The fourth-order valence-corrected chi connectivity index (χ4v) is 1.50. The Hall–Kier alpha value is -1.62. The summed E-state index contributed by atoms with van der Waals surface area (Å²) in [6, 6.07) is 1.49. The number of rotatable bonds is 3. The van der Waals surface area contributed by atoms with E-state index >= 15 is 0 Å². The molecular formula is C9H8O4S. The third kappa shape index (κ3) is 2.70. The number of carbonyl (C=O) groups is 2. The number of hydrogen-bond acceptors (Lipinski definition) is 4. The van der Waals surface area contributed by atoms with Crippen LogP contribution in [0.1, 0.15) is 15.2 Å². The van der Waals surface area contributed by atoms with Gasteiger partial charge in [-0.3, -0.25) is 0 Å². The number of esters is 1. The second-order valence-corrected chi connectivity index (χ2v) is 3.32. The van der Waals surface area contributed by atoms with Crippen LogP contribution in [0.5, 0.6) is 0 Å². The fraction of sp³-hybridized carbons (Fsp3) is 0.111. The number of hydrogen-bond donors (Lipinski definition) is 1. The minimum atomic E-state index is -0.965. The van der Waals surface area contributed by atoms with Crippen LogP contribution in [0.4, 0.5) is 0 Å². The van der Waals surface area contributed by atoms with Crippen LogP contribution < -0.4 is 0 Å². The normalized spacial score (nSPS) is 10.4. The molecule has 1 aromatic rings. The van der Waals surface area contributed by atoms with Crippen molar-refractivity contribution in [3.8, 4) is 0 Å². The van der Waals surface area contributed by atoms with Gasteiger partial charge < -0.3 is 9.84 Å². The number of thiophene rings is 1. The van der Waals surface area contributed by atoms with E-state index in [-0.39, 0.29) is 4.88 Å². The third-order valence-electron chi connectivity index (χ3n) is 1.44. The van der Waals surface area contributed by atoms with E-state index in [9.17, 15) is 9.59 Å². The molecule has 0 aromatic carbocycles. The van der Waals surface area contributed by atoms with E-state index in [1.807, 2.05) is 0 Å². The lowest BCUT2D eigenvalue weighted by molar-refractivity contribution is -0.134. The smallest absolute Gasteiger partial charge is 0.345 e. The van der Waals surface area contributed by atoms with Crippen LogP contribution in [0, 0.1) is 0 Å². The van der Waals surface area contributed by atoms with Gasteiger partial charge in [0.1, 0.15) is 4.88 Å². The zero-order chi connectivity index (χ0) is 10.6. The monoisotopic (exact) mass is 212 g/mol. The topological polar surface area (TPSA) is 63.6 Å². The maximum absolute atomic E-state index is 10.7. The van der Waals surface area contributed by atoms with Crippen molar-refractivity contribution in [2.75, 3.05) is 7.11 Å². The molecule has 1 rings (SSSR count). The highest BCUT2D eigenvalue weighted by molar-refractivity contribution is 7.12. The quantitative estimate of drug-likeness (QED) is 0.611. The van der Waals surface area contributed by atoms with Crippen molar-refractivity contribution in [2.45, 2.75) is 0 Å². The number of methoxy groups -OCH3 is 1. The summed E-state index contributed by atoms with van der Waals surface area (Å²) < 4.78 is 4.39. The molecule has 0 aliphatic rings. The Bertz CT molecular complexity index is 378. The maximum Gasteiger partial charge on any atom is 0.345 e. The van der Waals surface area contributed by atoms with Gasteiger partial charge in [-0.25, -0.2) is 9.59 Å². The minimum Gasteiger partial charge on any atom is -0.477 e. The molecule has 0 spiro atoms. The number of carbonyl (C=O) groups excluding carboxylic acids is 1. The van der Waals surface area contributed by atoms with Gasteiger partial charge in [0.05, 0.1) is 7.11 Å². The standard InChI is InChI=1S/C9H8O4S/c1-13-8(10)3-2-6-4-7(9(11)12)14-5-6/h2-5H,1H3,(H,11,12). The molecule has 0 unspecified atom stereocenters. The summed E-state index contributed by atoms with van der Waals surface area (Å²) in [6.45, 7) is 0. The molecule has 4 nitrogen and oxygen atoms in total. The van der Waals surface area contributed by atoms with Gasteiger partial charge in [0, 0.05) is 6.08 Å². The molecule has 74 valence electrons. The van der Waals surface area contributed by atoms with E-state index in [1.54, 1.807) is 5.38 Å². The highest BCUT2D eigenvalue weighted by Gasteiger charge is 2.04. The van der Waals surface area contributed by atoms with Crippen LogP contribution in [-0.2, 0) is 9.53 Å². The molecule has 0 aliphatic carbocycles. The molecule has 1 heterocycles. The zero-order valence-electron chi connectivity index (χ0n) is 7.39. The van der Waals surface area contributed by atoms with Gasteiger partial charge in [0.25, 0.3) is 0 Å². The summed E-state index contributed by atoms with van der Waals surface area (Å²) in [5.41, 5.74) is 0.679. The molecule has 0 bridgehead atoms. The van der Waals surface area contributed by atoms with Crippen molar-refractivity contribution in [1.82, 2.24) is 0 Å². The molecule has 1 aromatic heterocycles. The Morgan fingerprint density at radius 3 is 2.79 bits per heavy atom. The first-order chi connectivity index (χ1) is 6.63. The first-order valence-corrected chi connectivity index (χ1v) is 4.59.